The molecule has 1 aromatic carbocycles. The van der Waals surface area contributed by atoms with Crippen molar-refractivity contribution < 1.29 is 4.39 Å². The molecular weight excluding hydrogens is 253 g/mol. The lowest BCUT2D eigenvalue weighted by Gasteiger charge is -2.13. The summed E-state index contributed by atoms with van der Waals surface area (Å²) in [6, 6.07) is 5.33. The number of nitrogens with one attached hydrogen (secondary N) is 1. The van der Waals surface area contributed by atoms with E-state index in [1.807, 2.05) is 19.9 Å². The molecule has 4 heteroatoms. The predicted molar refractivity (Wildman–Crippen MR) is 80.7 cm³/mol. The normalized spacial score (nSPS) is 11.1. The van der Waals surface area contributed by atoms with Crippen LogP contribution in [-0.4, -0.2) is 16.1 Å². The number of aryl methyl sites for hydroxylation is 2. The number of halogens is 1. The van der Waals surface area contributed by atoms with Gasteiger partial charge in [-0.15, -0.1) is 0 Å². The third kappa shape index (κ3) is 3.38. The van der Waals surface area contributed by atoms with Gasteiger partial charge in [0.25, 0.3) is 0 Å². The van der Waals surface area contributed by atoms with Crippen LogP contribution in [0.1, 0.15) is 36.7 Å². The Labute approximate surface area is 119 Å². The van der Waals surface area contributed by atoms with E-state index in [-0.39, 0.29) is 5.82 Å². The second kappa shape index (κ2) is 6.07. The van der Waals surface area contributed by atoms with Gasteiger partial charge in [-0.25, -0.2) is 9.37 Å². The molecule has 1 aromatic heterocycles. The number of hydrogen-bond donors (Lipinski definition) is 1. The fraction of sp³-hybridized carbons (Fsp3) is 0.438. The zero-order chi connectivity index (χ0) is 14.7. The first kappa shape index (κ1) is 14.6. The first-order chi connectivity index (χ1) is 9.47. The molecule has 0 unspecified atom stereocenters. The van der Waals surface area contributed by atoms with Crippen LogP contribution in [0.5, 0.6) is 0 Å². The zero-order valence-electron chi connectivity index (χ0n) is 12.6. The van der Waals surface area contributed by atoms with Gasteiger partial charge in [-0.3, -0.25) is 0 Å². The van der Waals surface area contributed by atoms with Gasteiger partial charge in [-0.1, -0.05) is 6.07 Å². The number of benzene rings is 1. The second-order valence-electron chi connectivity index (χ2n) is 5.45. The molecule has 0 bridgehead atoms. The SMILES string of the molecule is Cc1cn(C(C)C)c(NCCc2ccc(F)cc2C)n1. The van der Waals surface area contributed by atoms with Crippen LogP contribution in [-0.2, 0) is 6.42 Å². The quantitative estimate of drug-likeness (QED) is 0.897. The van der Waals surface area contributed by atoms with E-state index < -0.39 is 0 Å². The van der Waals surface area contributed by atoms with Crippen molar-refractivity contribution in [3.63, 3.8) is 0 Å². The van der Waals surface area contributed by atoms with E-state index >= 15 is 0 Å². The number of hydrogen-bond acceptors (Lipinski definition) is 2. The van der Waals surface area contributed by atoms with E-state index in [4.69, 9.17) is 0 Å². The predicted octanol–water partition coefficient (Wildman–Crippen LogP) is 3.87. The molecule has 0 aliphatic heterocycles. The summed E-state index contributed by atoms with van der Waals surface area (Å²) in [6.45, 7) is 8.99. The average Bonchev–Trinajstić information content (AvgIpc) is 2.73. The van der Waals surface area contributed by atoms with Gasteiger partial charge in [-0.2, -0.15) is 0 Å². The van der Waals surface area contributed by atoms with Crippen LogP contribution in [0.2, 0.25) is 0 Å². The summed E-state index contributed by atoms with van der Waals surface area (Å²) in [5, 5.41) is 3.36. The molecular formula is C16H22FN3. The van der Waals surface area contributed by atoms with Crippen LogP contribution in [0.4, 0.5) is 10.3 Å². The number of anilines is 1. The largest absolute Gasteiger partial charge is 0.355 e. The minimum atomic E-state index is -0.176. The number of rotatable bonds is 5. The van der Waals surface area contributed by atoms with Crippen molar-refractivity contribution >= 4 is 5.95 Å². The monoisotopic (exact) mass is 275 g/mol. The standard InChI is InChI=1S/C16H22FN3/c1-11(2)20-10-13(4)19-16(20)18-8-7-14-5-6-15(17)9-12(14)3/h5-6,9-11H,7-8H2,1-4H3,(H,18,19). The fourth-order valence-corrected chi connectivity index (χ4v) is 2.29. The summed E-state index contributed by atoms with van der Waals surface area (Å²) < 4.78 is 15.2. The fourth-order valence-electron chi connectivity index (χ4n) is 2.29. The van der Waals surface area contributed by atoms with Crippen molar-refractivity contribution in [2.45, 2.75) is 40.2 Å². The van der Waals surface area contributed by atoms with Gasteiger partial charge in [0.05, 0.1) is 5.69 Å². The molecule has 0 aliphatic rings. The third-order valence-corrected chi connectivity index (χ3v) is 3.39. The van der Waals surface area contributed by atoms with Crippen molar-refractivity contribution in [1.82, 2.24) is 9.55 Å². The lowest BCUT2D eigenvalue weighted by molar-refractivity contribution is 0.604. The first-order valence-corrected chi connectivity index (χ1v) is 7.01. The first-order valence-electron chi connectivity index (χ1n) is 7.01. The van der Waals surface area contributed by atoms with E-state index in [2.05, 4.69) is 34.9 Å². The molecule has 0 fully saturated rings. The maximum Gasteiger partial charge on any atom is 0.203 e. The van der Waals surface area contributed by atoms with Crippen LogP contribution in [0, 0.1) is 19.7 Å². The Hall–Kier alpha value is -1.84. The van der Waals surface area contributed by atoms with Gasteiger partial charge in [0.15, 0.2) is 0 Å². The van der Waals surface area contributed by atoms with E-state index in [1.54, 1.807) is 6.07 Å². The molecule has 0 radical (unpaired) electrons. The summed E-state index contributed by atoms with van der Waals surface area (Å²) >= 11 is 0. The van der Waals surface area contributed by atoms with Crippen molar-refractivity contribution in [3.8, 4) is 0 Å². The Bertz CT molecular complexity index is 587. The molecule has 3 nitrogen and oxygen atoms in total. The van der Waals surface area contributed by atoms with Gasteiger partial charge < -0.3 is 9.88 Å². The highest BCUT2D eigenvalue weighted by Crippen LogP contribution is 2.16. The van der Waals surface area contributed by atoms with Gasteiger partial charge in [0.1, 0.15) is 5.82 Å². The van der Waals surface area contributed by atoms with E-state index in [0.29, 0.717) is 6.04 Å². The van der Waals surface area contributed by atoms with Crippen LogP contribution >= 0.6 is 0 Å². The minimum Gasteiger partial charge on any atom is -0.355 e. The minimum absolute atomic E-state index is 0.176. The molecule has 2 rings (SSSR count). The Morgan fingerprint density at radius 1 is 1.30 bits per heavy atom. The Kier molecular flexibility index (Phi) is 4.42. The second-order valence-corrected chi connectivity index (χ2v) is 5.45. The Morgan fingerprint density at radius 3 is 2.70 bits per heavy atom. The summed E-state index contributed by atoms with van der Waals surface area (Å²) in [5.74, 6) is 0.724. The zero-order valence-corrected chi connectivity index (χ0v) is 12.6. The molecule has 0 aliphatic carbocycles. The lowest BCUT2D eigenvalue weighted by Crippen LogP contribution is -2.12. The number of aromatic nitrogens is 2. The van der Waals surface area contributed by atoms with Gasteiger partial charge in [-0.05, 0) is 57.4 Å². The molecule has 0 atom stereocenters. The summed E-state index contributed by atoms with van der Waals surface area (Å²) in [5.41, 5.74) is 3.17. The highest BCUT2D eigenvalue weighted by molar-refractivity contribution is 5.31. The maximum atomic E-state index is 13.1. The Morgan fingerprint density at radius 2 is 2.05 bits per heavy atom. The molecule has 0 saturated heterocycles. The summed E-state index contributed by atoms with van der Waals surface area (Å²) in [6.07, 6.45) is 2.91. The van der Waals surface area contributed by atoms with E-state index in [1.165, 1.54) is 11.6 Å². The average molecular weight is 275 g/mol. The highest BCUT2D eigenvalue weighted by atomic mass is 19.1. The van der Waals surface area contributed by atoms with Gasteiger partial charge >= 0.3 is 0 Å². The summed E-state index contributed by atoms with van der Waals surface area (Å²) in [4.78, 5) is 4.49. The molecule has 2 aromatic rings. The van der Waals surface area contributed by atoms with Crippen molar-refractivity contribution in [2.24, 2.45) is 0 Å². The smallest absolute Gasteiger partial charge is 0.203 e. The van der Waals surface area contributed by atoms with Crippen LogP contribution in [0.25, 0.3) is 0 Å². The van der Waals surface area contributed by atoms with Crippen LogP contribution < -0.4 is 5.32 Å². The van der Waals surface area contributed by atoms with Crippen LogP contribution in [0.15, 0.2) is 24.4 Å². The highest BCUT2D eigenvalue weighted by Gasteiger charge is 2.08. The van der Waals surface area contributed by atoms with E-state index in [0.717, 1.165) is 30.2 Å². The molecule has 108 valence electrons. The maximum absolute atomic E-state index is 13.1. The van der Waals surface area contributed by atoms with E-state index in [9.17, 15) is 4.39 Å². The van der Waals surface area contributed by atoms with Crippen molar-refractivity contribution in [3.05, 3.63) is 47.0 Å². The molecule has 1 N–H and O–H groups in total. The molecule has 20 heavy (non-hydrogen) atoms. The van der Waals surface area contributed by atoms with Gasteiger partial charge in [0.2, 0.25) is 5.95 Å². The van der Waals surface area contributed by atoms with Crippen molar-refractivity contribution in [1.29, 1.82) is 0 Å². The third-order valence-electron chi connectivity index (χ3n) is 3.39. The van der Waals surface area contributed by atoms with Gasteiger partial charge in [0, 0.05) is 18.8 Å². The number of nitrogens with zero attached hydrogens (tertiary/aromatic N) is 2. The topological polar surface area (TPSA) is 29.9 Å². The van der Waals surface area contributed by atoms with Crippen LogP contribution in [0.3, 0.4) is 0 Å². The molecule has 0 spiro atoms. The molecule has 1 heterocycles. The Balaban J connectivity index is 1.99. The molecule has 0 saturated carbocycles. The lowest BCUT2D eigenvalue weighted by atomic mass is 10.1. The van der Waals surface area contributed by atoms with Crippen molar-refractivity contribution in [2.75, 3.05) is 11.9 Å². The number of imidazole rings is 1. The molecule has 0 amide bonds. The summed E-state index contributed by atoms with van der Waals surface area (Å²) in [7, 11) is 0.